The molecule has 2 heterocycles. The maximum Gasteiger partial charge on any atom is 0.218 e. The van der Waals surface area contributed by atoms with E-state index in [1.165, 1.54) is 17.9 Å². The Morgan fingerprint density at radius 2 is 1.86 bits per heavy atom. The molecule has 0 spiro atoms. The normalized spacial score (nSPS) is 16.1. The summed E-state index contributed by atoms with van der Waals surface area (Å²) in [7, 11) is -2.81. The Balaban J connectivity index is 1.17. The lowest BCUT2D eigenvalue weighted by Gasteiger charge is -2.26. The van der Waals surface area contributed by atoms with E-state index in [2.05, 4.69) is 22.0 Å². The molecule has 4 rings (SSSR count). The Labute approximate surface area is 206 Å². The first-order chi connectivity index (χ1) is 16.9. The van der Waals surface area contributed by atoms with Crippen LogP contribution in [0.3, 0.4) is 0 Å². The molecule has 0 aliphatic carbocycles. The van der Waals surface area contributed by atoms with Crippen molar-refractivity contribution in [2.24, 2.45) is 0 Å². The molecule has 1 aromatic heterocycles. The third-order valence-corrected chi connectivity index (χ3v) is 7.68. The summed E-state index contributed by atoms with van der Waals surface area (Å²) in [6.45, 7) is 4.39. The summed E-state index contributed by atoms with van der Waals surface area (Å²) in [6, 6.07) is 13.1. The number of nitrogens with zero attached hydrogens (tertiary/aromatic N) is 2. The van der Waals surface area contributed by atoms with Crippen molar-refractivity contribution in [3.8, 4) is 5.75 Å². The first kappa shape index (κ1) is 25.1. The number of hydrogen-bond acceptors (Lipinski definition) is 6. The quantitative estimate of drug-likeness (QED) is 0.369. The minimum absolute atomic E-state index is 0.278. The van der Waals surface area contributed by atoms with E-state index in [4.69, 9.17) is 9.15 Å². The van der Waals surface area contributed by atoms with Gasteiger partial charge in [-0.25, -0.2) is 17.8 Å². The third-order valence-electron chi connectivity index (χ3n) is 6.07. The molecule has 1 saturated heterocycles. The Morgan fingerprint density at radius 3 is 2.60 bits per heavy atom. The lowest BCUT2D eigenvalue weighted by molar-refractivity contribution is 0.289. The summed E-state index contributed by atoms with van der Waals surface area (Å²) < 4.78 is 48.2. The minimum atomic E-state index is -2.81. The number of benzene rings is 2. The molecular formula is C27H31FN2O4S. The van der Waals surface area contributed by atoms with E-state index < -0.39 is 9.84 Å². The first-order valence-corrected chi connectivity index (χ1v) is 13.7. The van der Waals surface area contributed by atoms with Gasteiger partial charge in [-0.1, -0.05) is 24.3 Å². The number of sulfone groups is 1. The van der Waals surface area contributed by atoms with Crippen molar-refractivity contribution in [1.29, 1.82) is 0 Å². The number of rotatable bonds is 10. The molecule has 0 amide bonds. The number of oxazole rings is 1. The highest BCUT2D eigenvalue weighted by Gasteiger charge is 2.20. The molecule has 1 fully saturated rings. The maximum atomic E-state index is 13.9. The number of halogens is 1. The predicted molar refractivity (Wildman–Crippen MR) is 135 cm³/mol. The Bertz CT molecular complexity index is 1240. The van der Waals surface area contributed by atoms with E-state index in [-0.39, 0.29) is 23.9 Å². The van der Waals surface area contributed by atoms with E-state index in [1.54, 1.807) is 18.2 Å². The Morgan fingerprint density at radius 1 is 1.09 bits per heavy atom. The second-order valence-corrected chi connectivity index (χ2v) is 11.2. The Kier molecular flexibility index (Phi) is 8.36. The molecule has 1 aliphatic heterocycles. The van der Waals surface area contributed by atoms with Crippen LogP contribution in [0.2, 0.25) is 0 Å². The zero-order valence-corrected chi connectivity index (χ0v) is 20.8. The summed E-state index contributed by atoms with van der Waals surface area (Å²) in [4.78, 5) is 6.60. The van der Waals surface area contributed by atoms with Crippen molar-refractivity contribution in [3.63, 3.8) is 0 Å². The smallest absolute Gasteiger partial charge is 0.218 e. The molecule has 186 valence electrons. The maximum absolute atomic E-state index is 13.9. The summed E-state index contributed by atoms with van der Waals surface area (Å²) in [5, 5.41) is 0. The van der Waals surface area contributed by atoms with Crippen molar-refractivity contribution >= 4 is 22.0 Å². The average molecular weight is 499 g/mol. The molecule has 0 radical (unpaired) electrons. The fraction of sp³-hybridized carbons (Fsp3) is 0.370. The van der Waals surface area contributed by atoms with Crippen molar-refractivity contribution in [1.82, 2.24) is 9.88 Å². The molecule has 1 aliphatic rings. The van der Waals surface area contributed by atoms with Crippen molar-refractivity contribution in [2.75, 3.05) is 31.1 Å². The predicted octanol–water partition coefficient (Wildman–Crippen LogP) is 4.92. The second-order valence-electron chi connectivity index (χ2n) is 8.92. The van der Waals surface area contributed by atoms with Gasteiger partial charge in [0.2, 0.25) is 5.89 Å². The standard InChI is InChI=1S/C27H31FN2O4S/c1-21-5-8-23(26(28)18-21)9-12-27-29-24(20-34-27)19-33-25-10-6-22(7-11-25)4-2-3-13-30-14-16-35(31,32)17-15-30/h5-12,18,20H,2-4,13-17,19H2,1H3/b12-9+. The lowest BCUT2D eigenvalue weighted by atomic mass is 10.1. The zero-order chi connectivity index (χ0) is 24.7. The van der Waals surface area contributed by atoms with Crippen LogP contribution in [-0.4, -0.2) is 49.4 Å². The summed E-state index contributed by atoms with van der Waals surface area (Å²) in [6.07, 6.45) is 7.91. The molecule has 0 saturated carbocycles. The molecule has 3 aromatic rings. The monoisotopic (exact) mass is 498 g/mol. The lowest BCUT2D eigenvalue weighted by Crippen LogP contribution is -2.40. The molecule has 6 nitrogen and oxygen atoms in total. The van der Waals surface area contributed by atoms with Crippen LogP contribution in [0, 0.1) is 12.7 Å². The number of hydrogen-bond donors (Lipinski definition) is 0. The highest BCUT2D eigenvalue weighted by Crippen LogP contribution is 2.17. The summed E-state index contributed by atoms with van der Waals surface area (Å²) in [5.74, 6) is 1.44. The number of aromatic nitrogens is 1. The molecule has 0 unspecified atom stereocenters. The van der Waals surface area contributed by atoms with Gasteiger partial charge in [0, 0.05) is 24.7 Å². The van der Waals surface area contributed by atoms with Crippen molar-refractivity contribution in [3.05, 3.63) is 82.8 Å². The van der Waals surface area contributed by atoms with Crippen LogP contribution in [0.5, 0.6) is 5.75 Å². The number of unbranched alkanes of at least 4 members (excludes halogenated alkanes) is 1. The first-order valence-electron chi connectivity index (χ1n) is 11.9. The van der Waals surface area contributed by atoms with Gasteiger partial charge in [0.1, 0.15) is 30.1 Å². The van der Waals surface area contributed by atoms with Gasteiger partial charge in [0.05, 0.1) is 11.5 Å². The molecule has 8 heteroatoms. The number of ether oxygens (including phenoxy) is 1. The summed E-state index contributed by atoms with van der Waals surface area (Å²) >= 11 is 0. The molecule has 0 bridgehead atoms. The SMILES string of the molecule is Cc1ccc(/C=C/c2nc(COc3ccc(CCCCN4CCS(=O)(=O)CC4)cc3)co2)c(F)c1. The van der Waals surface area contributed by atoms with Gasteiger partial charge in [-0.2, -0.15) is 0 Å². The van der Waals surface area contributed by atoms with E-state index in [0.29, 0.717) is 30.2 Å². The molecule has 35 heavy (non-hydrogen) atoms. The van der Waals surface area contributed by atoms with Crippen LogP contribution in [0.1, 0.15) is 41.1 Å². The van der Waals surface area contributed by atoms with Crippen LogP contribution < -0.4 is 4.74 Å². The number of aryl methyl sites for hydroxylation is 2. The highest BCUT2D eigenvalue weighted by molar-refractivity contribution is 7.91. The van der Waals surface area contributed by atoms with E-state index in [9.17, 15) is 12.8 Å². The van der Waals surface area contributed by atoms with Gasteiger partial charge in [0.25, 0.3) is 0 Å². The molecule has 0 N–H and O–H groups in total. The zero-order valence-electron chi connectivity index (χ0n) is 20.0. The average Bonchev–Trinajstić information content (AvgIpc) is 3.29. The van der Waals surface area contributed by atoms with Crippen LogP contribution in [0.25, 0.3) is 12.2 Å². The molecule has 2 aromatic carbocycles. The second kappa shape index (κ2) is 11.6. The van der Waals surface area contributed by atoms with Gasteiger partial charge in [-0.05, 0) is 68.1 Å². The van der Waals surface area contributed by atoms with E-state index >= 15 is 0 Å². The van der Waals surface area contributed by atoms with Crippen LogP contribution in [0.15, 0.2) is 53.1 Å². The van der Waals surface area contributed by atoms with Gasteiger partial charge in [-0.15, -0.1) is 0 Å². The summed E-state index contributed by atoms with van der Waals surface area (Å²) in [5.41, 5.74) is 3.25. The van der Waals surface area contributed by atoms with Gasteiger partial charge in [-0.3, -0.25) is 0 Å². The van der Waals surface area contributed by atoms with Gasteiger partial charge in [0.15, 0.2) is 9.84 Å². The highest BCUT2D eigenvalue weighted by atomic mass is 32.2. The van der Waals surface area contributed by atoms with Crippen LogP contribution >= 0.6 is 0 Å². The van der Waals surface area contributed by atoms with Gasteiger partial charge >= 0.3 is 0 Å². The van der Waals surface area contributed by atoms with Crippen LogP contribution in [-0.2, 0) is 22.9 Å². The topological polar surface area (TPSA) is 72.6 Å². The van der Waals surface area contributed by atoms with Crippen molar-refractivity contribution < 1.29 is 22.0 Å². The van der Waals surface area contributed by atoms with Crippen LogP contribution in [0.4, 0.5) is 4.39 Å². The fourth-order valence-corrected chi connectivity index (χ4v) is 5.22. The minimum Gasteiger partial charge on any atom is -0.487 e. The van der Waals surface area contributed by atoms with E-state index in [0.717, 1.165) is 37.1 Å². The largest absolute Gasteiger partial charge is 0.487 e. The molecular weight excluding hydrogens is 467 g/mol. The fourth-order valence-electron chi connectivity index (χ4n) is 3.94. The van der Waals surface area contributed by atoms with Crippen molar-refractivity contribution in [2.45, 2.75) is 32.8 Å². The van der Waals surface area contributed by atoms with Gasteiger partial charge < -0.3 is 14.1 Å². The Hall–Kier alpha value is -2.97. The molecule has 0 atom stereocenters. The van der Waals surface area contributed by atoms with E-state index in [1.807, 2.05) is 25.1 Å². The third kappa shape index (κ3) is 7.77.